The number of fused-ring (bicyclic) bond motifs is 2. The van der Waals surface area contributed by atoms with Crippen LogP contribution in [0.1, 0.15) is 30.4 Å². The molecule has 1 N–H and O–H groups in total. The van der Waals surface area contributed by atoms with Gasteiger partial charge in [-0.15, -0.1) is 0 Å². The van der Waals surface area contributed by atoms with E-state index in [0.717, 1.165) is 37.7 Å². The van der Waals surface area contributed by atoms with E-state index < -0.39 is 10.0 Å². The van der Waals surface area contributed by atoms with Gasteiger partial charge in [-0.1, -0.05) is 12.1 Å². The first kappa shape index (κ1) is 16.3. The maximum Gasteiger partial charge on any atom is 0.262 e. The van der Waals surface area contributed by atoms with Crippen LogP contribution in [-0.2, 0) is 22.9 Å². The Bertz CT molecular complexity index is 892. The minimum Gasteiger partial charge on any atom is -0.490 e. The van der Waals surface area contributed by atoms with Crippen molar-refractivity contribution in [3.8, 4) is 11.5 Å². The van der Waals surface area contributed by atoms with Gasteiger partial charge in [0.25, 0.3) is 10.0 Å². The van der Waals surface area contributed by atoms with Gasteiger partial charge in [0, 0.05) is 12.5 Å². The standard InChI is InChI=1S/C19H21NO4S/c21-25(22,15-9-10-18-19(13-15)24-12-4-11-23-18)20-17-8-3-6-14-5-1-2-7-16(14)17/h3,6,8-10,13,20H,1-2,4-5,7,11-12H2. The smallest absolute Gasteiger partial charge is 0.262 e. The Labute approximate surface area is 148 Å². The van der Waals surface area contributed by atoms with Crippen LogP contribution in [0.15, 0.2) is 41.3 Å². The van der Waals surface area contributed by atoms with E-state index in [-0.39, 0.29) is 4.90 Å². The summed E-state index contributed by atoms with van der Waals surface area (Å²) in [5, 5.41) is 0. The molecule has 25 heavy (non-hydrogen) atoms. The summed E-state index contributed by atoms with van der Waals surface area (Å²) in [7, 11) is -3.68. The number of benzene rings is 2. The zero-order chi connectivity index (χ0) is 17.3. The first-order valence-corrected chi connectivity index (χ1v) is 10.1. The molecule has 132 valence electrons. The summed E-state index contributed by atoms with van der Waals surface area (Å²) in [6.45, 7) is 1.10. The molecule has 5 nitrogen and oxygen atoms in total. The fourth-order valence-electron chi connectivity index (χ4n) is 3.39. The highest BCUT2D eigenvalue weighted by Crippen LogP contribution is 2.34. The molecule has 1 aliphatic heterocycles. The Balaban J connectivity index is 1.66. The molecule has 0 aromatic heterocycles. The van der Waals surface area contributed by atoms with Crippen molar-refractivity contribution in [2.75, 3.05) is 17.9 Å². The number of nitrogens with one attached hydrogen (secondary N) is 1. The first-order chi connectivity index (χ1) is 12.1. The van der Waals surface area contributed by atoms with Gasteiger partial charge in [0.1, 0.15) is 0 Å². The van der Waals surface area contributed by atoms with Crippen molar-refractivity contribution in [2.45, 2.75) is 37.0 Å². The lowest BCUT2D eigenvalue weighted by atomic mass is 9.91. The number of anilines is 1. The van der Waals surface area contributed by atoms with Gasteiger partial charge in [0.05, 0.1) is 23.8 Å². The van der Waals surface area contributed by atoms with Crippen LogP contribution in [0.3, 0.4) is 0 Å². The minimum absolute atomic E-state index is 0.185. The minimum atomic E-state index is -3.68. The molecule has 1 aliphatic carbocycles. The number of aryl methyl sites for hydroxylation is 1. The lowest BCUT2D eigenvalue weighted by Gasteiger charge is -2.20. The molecule has 0 fully saturated rings. The summed E-state index contributed by atoms with van der Waals surface area (Å²) in [6, 6.07) is 10.6. The van der Waals surface area contributed by atoms with E-state index in [1.807, 2.05) is 12.1 Å². The maximum atomic E-state index is 12.9. The van der Waals surface area contributed by atoms with E-state index in [2.05, 4.69) is 10.8 Å². The van der Waals surface area contributed by atoms with Crippen molar-refractivity contribution in [1.29, 1.82) is 0 Å². The number of hydrogen-bond donors (Lipinski definition) is 1. The van der Waals surface area contributed by atoms with Crippen molar-refractivity contribution in [3.05, 3.63) is 47.5 Å². The fourth-order valence-corrected chi connectivity index (χ4v) is 4.50. The number of hydrogen-bond acceptors (Lipinski definition) is 4. The van der Waals surface area contributed by atoms with Gasteiger partial charge in [-0.25, -0.2) is 8.42 Å². The second-order valence-corrected chi connectivity index (χ2v) is 8.10. The van der Waals surface area contributed by atoms with Crippen molar-refractivity contribution in [3.63, 3.8) is 0 Å². The average Bonchev–Trinajstić information content (AvgIpc) is 2.86. The molecule has 0 radical (unpaired) electrons. The third kappa shape index (κ3) is 3.31. The molecule has 2 aliphatic rings. The predicted octanol–water partition coefficient (Wildman–Crippen LogP) is 3.53. The highest BCUT2D eigenvalue weighted by atomic mass is 32.2. The molecule has 2 aromatic rings. The highest BCUT2D eigenvalue weighted by molar-refractivity contribution is 7.92. The lowest BCUT2D eigenvalue weighted by molar-refractivity contribution is 0.297. The largest absolute Gasteiger partial charge is 0.490 e. The normalized spacial score (nSPS) is 16.6. The van der Waals surface area contributed by atoms with Gasteiger partial charge in [-0.2, -0.15) is 0 Å². The molecule has 0 unspecified atom stereocenters. The van der Waals surface area contributed by atoms with E-state index in [1.165, 1.54) is 5.56 Å². The van der Waals surface area contributed by atoms with Crippen molar-refractivity contribution in [2.24, 2.45) is 0 Å². The van der Waals surface area contributed by atoms with Gasteiger partial charge in [0.15, 0.2) is 11.5 Å². The lowest BCUT2D eigenvalue weighted by Crippen LogP contribution is -2.16. The number of ether oxygens (including phenoxy) is 2. The van der Waals surface area contributed by atoms with Crippen LogP contribution in [-0.4, -0.2) is 21.6 Å². The molecule has 0 atom stereocenters. The third-order valence-electron chi connectivity index (χ3n) is 4.67. The molecule has 2 aromatic carbocycles. The van der Waals surface area contributed by atoms with Gasteiger partial charge in [-0.05, 0) is 55.0 Å². The summed E-state index contributed by atoms with van der Waals surface area (Å²) in [5.74, 6) is 1.07. The van der Waals surface area contributed by atoms with Crippen LogP contribution in [0.2, 0.25) is 0 Å². The zero-order valence-corrected chi connectivity index (χ0v) is 14.8. The molecule has 0 saturated heterocycles. The quantitative estimate of drug-likeness (QED) is 0.911. The Morgan fingerprint density at radius 3 is 2.56 bits per heavy atom. The topological polar surface area (TPSA) is 64.6 Å². The molecule has 0 amide bonds. The molecule has 0 saturated carbocycles. The van der Waals surface area contributed by atoms with E-state index in [0.29, 0.717) is 30.4 Å². The Morgan fingerprint density at radius 1 is 0.880 bits per heavy atom. The molecular weight excluding hydrogens is 338 g/mol. The Morgan fingerprint density at radius 2 is 1.68 bits per heavy atom. The summed E-state index contributed by atoms with van der Waals surface area (Å²) in [6.07, 6.45) is 4.95. The summed E-state index contributed by atoms with van der Waals surface area (Å²) >= 11 is 0. The van der Waals surface area contributed by atoms with Crippen LogP contribution >= 0.6 is 0 Å². The van der Waals surface area contributed by atoms with Crippen LogP contribution in [0, 0.1) is 0 Å². The summed E-state index contributed by atoms with van der Waals surface area (Å²) in [4.78, 5) is 0.185. The highest BCUT2D eigenvalue weighted by Gasteiger charge is 2.21. The van der Waals surface area contributed by atoms with Crippen molar-refractivity contribution in [1.82, 2.24) is 0 Å². The van der Waals surface area contributed by atoms with Crippen molar-refractivity contribution < 1.29 is 17.9 Å². The average molecular weight is 359 g/mol. The van der Waals surface area contributed by atoms with Crippen LogP contribution < -0.4 is 14.2 Å². The summed E-state index contributed by atoms with van der Waals surface area (Å²) in [5.41, 5.74) is 3.04. The molecule has 6 heteroatoms. The number of rotatable bonds is 3. The molecular formula is C19H21NO4S. The van der Waals surface area contributed by atoms with Crippen LogP contribution in [0.4, 0.5) is 5.69 Å². The van der Waals surface area contributed by atoms with Gasteiger partial charge in [-0.3, -0.25) is 4.72 Å². The number of sulfonamides is 1. The second-order valence-electron chi connectivity index (χ2n) is 6.41. The van der Waals surface area contributed by atoms with E-state index in [1.54, 1.807) is 18.2 Å². The SMILES string of the molecule is O=S(=O)(Nc1cccc2c1CCCC2)c1ccc2c(c1)OCCCO2. The fraction of sp³-hybridized carbons (Fsp3) is 0.368. The van der Waals surface area contributed by atoms with E-state index in [9.17, 15) is 8.42 Å². The van der Waals surface area contributed by atoms with Gasteiger partial charge >= 0.3 is 0 Å². The predicted molar refractivity (Wildman–Crippen MR) is 95.9 cm³/mol. The molecule has 4 rings (SSSR count). The van der Waals surface area contributed by atoms with E-state index >= 15 is 0 Å². The monoisotopic (exact) mass is 359 g/mol. The molecule has 0 spiro atoms. The van der Waals surface area contributed by atoms with Crippen LogP contribution in [0.25, 0.3) is 0 Å². The second kappa shape index (κ2) is 6.59. The third-order valence-corrected chi connectivity index (χ3v) is 6.03. The first-order valence-electron chi connectivity index (χ1n) is 8.67. The molecule has 0 bridgehead atoms. The van der Waals surface area contributed by atoms with Crippen LogP contribution in [0.5, 0.6) is 11.5 Å². The zero-order valence-electron chi connectivity index (χ0n) is 14.0. The summed E-state index contributed by atoms with van der Waals surface area (Å²) < 4.78 is 39.6. The van der Waals surface area contributed by atoms with Crippen molar-refractivity contribution >= 4 is 15.7 Å². The van der Waals surface area contributed by atoms with Gasteiger partial charge < -0.3 is 9.47 Å². The Kier molecular flexibility index (Phi) is 4.29. The van der Waals surface area contributed by atoms with Gasteiger partial charge in [0.2, 0.25) is 0 Å². The van der Waals surface area contributed by atoms with E-state index in [4.69, 9.17) is 9.47 Å². The molecule has 1 heterocycles. The maximum absolute atomic E-state index is 12.9. The Hall–Kier alpha value is -2.21.